The van der Waals surface area contributed by atoms with Crippen LogP contribution in [0.25, 0.3) is 5.57 Å². The number of aromatic amines is 1. The quantitative estimate of drug-likeness (QED) is 0.616. The number of rotatable bonds is 5. The third-order valence-electron chi connectivity index (χ3n) is 5.88. The Hall–Kier alpha value is -2.72. The van der Waals surface area contributed by atoms with Gasteiger partial charge in [-0.25, -0.2) is 14.2 Å². The molecule has 9 heteroatoms. The molecule has 3 aromatic rings. The van der Waals surface area contributed by atoms with E-state index in [9.17, 15) is 14.3 Å². The average molecular weight is 455 g/mol. The summed E-state index contributed by atoms with van der Waals surface area (Å²) >= 11 is 1.64. The Morgan fingerprint density at radius 2 is 2.06 bits per heavy atom. The molecular weight excluding hydrogens is 431 g/mol. The van der Waals surface area contributed by atoms with Gasteiger partial charge in [-0.3, -0.25) is 9.88 Å². The lowest BCUT2D eigenvalue weighted by Crippen LogP contribution is -2.41. The van der Waals surface area contributed by atoms with Gasteiger partial charge >= 0.3 is 5.69 Å². The fourth-order valence-corrected chi connectivity index (χ4v) is 5.58. The van der Waals surface area contributed by atoms with Gasteiger partial charge in [-0.05, 0) is 48.2 Å². The SMILES string of the molecule is O=c1ncnc(C(c2ccc(C3CCCO3)s2)N2CC=C(c3ccc(F)cc3)C(O)C2)[nH]1. The minimum Gasteiger partial charge on any atom is -0.387 e. The van der Waals surface area contributed by atoms with Gasteiger partial charge in [0.25, 0.3) is 0 Å². The van der Waals surface area contributed by atoms with Crippen molar-refractivity contribution >= 4 is 16.9 Å². The lowest BCUT2D eigenvalue weighted by atomic mass is 9.95. The van der Waals surface area contributed by atoms with Crippen molar-refractivity contribution in [2.45, 2.75) is 31.1 Å². The highest BCUT2D eigenvalue weighted by molar-refractivity contribution is 7.12. The van der Waals surface area contributed by atoms with Crippen LogP contribution in [0.2, 0.25) is 0 Å². The molecule has 2 N–H and O–H groups in total. The summed E-state index contributed by atoms with van der Waals surface area (Å²) < 4.78 is 19.1. The Morgan fingerprint density at radius 3 is 2.78 bits per heavy atom. The van der Waals surface area contributed by atoms with Crippen molar-refractivity contribution in [3.8, 4) is 0 Å². The molecular formula is C23H23FN4O3S. The number of thiophene rings is 1. The Morgan fingerprint density at radius 1 is 1.22 bits per heavy atom. The predicted octanol–water partition coefficient (Wildman–Crippen LogP) is 3.07. The number of nitrogens with zero attached hydrogens (tertiary/aromatic N) is 3. The zero-order chi connectivity index (χ0) is 22.1. The molecule has 7 nitrogen and oxygen atoms in total. The summed E-state index contributed by atoms with van der Waals surface area (Å²) in [5.74, 6) is 0.172. The number of aliphatic hydroxyl groups excluding tert-OH is 1. The van der Waals surface area contributed by atoms with Gasteiger partial charge in [0.1, 0.15) is 24.0 Å². The molecule has 0 aliphatic carbocycles. The van der Waals surface area contributed by atoms with Gasteiger partial charge in [0.05, 0.1) is 12.2 Å². The van der Waals surface area contributed by atoms with E-state index in [4.69, 9.17) is 4.74 Å². The highest BCUT2D eigenvalue weighted by Gasteiger charge is 2.32. The fourth-order valence-electron chi connectivity index (χ4n) is 4.34. The first-order chi connectivity index (χ1) is 15.6. The van der Waals surface area contributed by atoms with E-state index in [-0.39, 0.29) is 18.0 Å². The second-order valence-corrected chi connectivity index (χ2v) is 9.12. The van der Waals surface area contributed by atoms with Crippen molar-refractivity contribution in [2.24, 2.45) is 0 Å². The van der Waals surface area contributed by atoms with Crippen LogP contribution in [0.4, 0.5) is 4.39 Å². The van der Waals surface area contributed by atoms with Crippen LogP contribution in [0.15, 0.2) is 53.6 Å². The van der Waals surface area contributed by atoms with Gasteiger partial charge in [-0.15, -0.1) is 11.3 Å². The van der Waals surface area contributed by atoms with E-state index in [2.05, 4.69) is 25.9 Å². The number of hydrogen-bond donors (Lipinski definition) is 2. The van der Waals surface area contributed by atoms with Gasteiger partial charge in [0, 0.05) is 29.5 Å². The number of hydrogen-bond acceptors (Lipinski definition) is 7. The van der Waals surface area contributed by atoms with Crippen LogP contribution in [-0.4, -0.2) is 50.8 Å². The van der Waals surface area contributed by atoms with Gasteiger partial charge < -0.3 is 9.84 Å². The smallest absolute Gasteiger partial charge is 0.347 e. The van der Waals surface area contributed by atoms with E-state index >= 15 is 0 Å². The fraction of sp³-hybridized carbons (Fsp3) is 0.348. The van der Waals surface area contributed by atoms with E-state index in [1.54, 1.807) is 23.5 Å². The van der Waals surface area contributed by atoms with Crippen molar-refractivity contribution in [3.63, 3.8) is 0 Å². The molecule has 0 saturated carbocycles. The molecule has 0 spiro atoms. The van der Waals surface area contributed by atoms with Crippen molar-refractivity contribution in [3.05, 3.63) is 86.2 Å². The molecule has 2 aromatic heterocycles. The minimum absolute atomic E-state index is 0.107. The van der Waals surface area contributed by atoms with Crippen LogP contribution in [-0.2, 0) is 4.74 Å². The summed E-state index contributed by atoms with van der Waals surface area (Å²) in [5, 5.41) is 10.9. The van der Waals surface area contributed by atoms with Crippen molar-refractivity contribution in [2.75, 3.05) is 19.7 Å². The second-order valence-electron chi connectivity index (χ2n) is 7.97. The Labute approximate surface area is 188 Å². The minimum atomic E-state index is -0.761. The first kappa shape index (κ1) is 21.1. The largest absolute Gasteiger partial charge is 0.387 e. The summed E-state index contributed by atoms with van der Waals surface area (Å²) in [7, 11) is 0. The number of β-amino-alcohol motifs (C(OH)–C–C–N with tert-alkyl or cyclic N) is 1. The van der Waals surface area contributed by atoms with E-state index in [0.29, 0.717) is 18.9 Å². The van der Waals surface area contributed by atoms with Crippen LogP contribution in [0.1, 0.15) is 46.1 Å². The number of halogens is 1. The number of H-pyrrole nitrogens is 1. The average Bonchev–Trinajstić information content (AvgIpc) is 3.47. The van der Waals surface area contributed by atoms with Crippen molar-refractivity contribution in [1.29, 1.82) is 0 Å². The highest BCUT2D eigenvalue weighted by Crippen LogP contribution is 2.39. The van der Waals surface area contributed by atoms with E-state index in [0.717, 1.165) is 40.3 Å². The van der Waals surface area contributed by atoms with Crippen LogP contribution in [0.3, 0.4) is 0 Å². The lowest BCUT2D eigenvalue weighted by molar-refractivity contribution is 0.114. The summed E-state index contributed by atoms with van der Waals surface area (Å²) in [6, 6.07) is 9.90. The molecule has 1 aromatic carbocycles. The monoisotopic (exact) mass is 454 g/mol. The number of benzene rings is 1. The van der Waals surface area contributed by atoms with Crippen LogP contribution >= 0.6 is 11.3 Å². The topological polar surface area (TPSA) is 91.3 Å². The maximum absolute atomic E-state index is 13.3. The maximum atomic E-state index is 13.3. The number of aromatic nitrogens is 3. The molecule has 5 rings (SSSR count). The zero-order valence-electron chi connectivity index (χ0n) is 17.3. The standard InChI is InChI=1S/C23H23FN4O3S/c24-15-5-3-14(4-6-15)16-9-10-28(12-17(16)29)21(22-25-13-26-23(30)27-22)20-8-7-19(32-20)18-2-1-11-31-18/h3-9,13,17-18,21,29H,1-2,10-12H2,(H,25,26,27,30). The van der Waals surface area contributed by atoms with Crippen LogP contribution in [0, 0.1) is 5.82 Å². The van der Waals surface area contributed by atoms with Crippen LogP contribution in [0.5, 0.6) is 0 Å². The third-order valence-corrected chi connectivity index (χ3v) is 7.11. The van der Waals surface area contributed by atoms with E-state index < -0.39 is 11.8 Å². The summed E-state index contributed by atoms with van der Waals surface area (Å²) in [6.45, 7) is 1.65. The van der Waals surface area contributed by atoms with Crippen molar-refractivity contribution < 1.29 is 14.2 Å². The molecule has 0 bridgehead atoms. The molecule has 2 aliphatic heterocycles. The first-order valence-corrected chi connectivity index (χ1v) is 11.4. The number of nitrogens with one attached hydrogen (secondary N) is 1. The molecule has 32 heavy (non-hydrogen) atoms. The molecule has 2 aliphatic rings. The van der Waals surface area contributed by atoms with Gasteiger partial charge in [0.15, 0.2) is 0 Å². The molecule has 1 saturated heterocycles. The molecule has 0 amide bonds. The highest BCUT2D eigenvalue weighted by atomic mass is 32.1. The molecule has 0 radical (unpaired) electrons. The Balaban J connectivity index is 1.47. The van der Waals surface area contributed by atoms with E-state index in [1.807, 2.05) is 12.1 Å². The van der Waals surface area contributed by atoms with Gasteiger partial charge in [-0.1, -0.05) is 18.2 Å². The van der Waals surface area contributed by atoms with E-state index in [1.165, 1.54) is 18.5 Å². The predicted molar refractivity (Wildman–Crippen MR) is 119 cm³/mol. The Kier molecular flexibility index (Phi) is 5.97. The second kappa shape index (κ2) is 9.03. The van der Waals surface area contributed by atoms with Crippen molar-refractivity contribution in [1.82, 2.24) is 19.9 Å². The molecule has 3 atom stereocenters. The summed E-state index contributed by atoms with van der Waals surface area (Å²) in [4.78, 5) is 26.9. The normalized spacial score (nSPS) is 22.6. The van der Waals surface area contributed by atoms with Gasteiger partial charge in [0.2, 0.25) is 0 Å². The molecule has 1 fully saturated rings. The Bertz CT molecular complexity index is 1170. The number of aliphatic hydroxyl groups is 1. The molecule has 3 unspecified atom stereocenters. The molecule has 4 heterocycles. The third kappa shape index (κ3) is 4.29. The molecule has 166 valence electrons. The van der Waals surface area contributed by atoms with Gasteiger partial charge in [-0.2, -0.15) is 4.98 Å². The lowest BCUT2D eigenvalue weighted by Gasteiger charge is -2.35. The van der Waals surface area contributed by atoms with Crippen LogP contribution < -0.4 is 5.69 Å². The summed E-state index contributed by atoms with van der Waals surface area (Å²) in [6.07, 6.45) is 4.61. The maximum Gasteiger partial charge on any atom is 0.347 e. The summed E-state index contributed by atoms with van der Waals surface area (Å²) in [5.41, 5.74) is 1.10. The zero-order valence-corrected chi connectivity index (χ0v) is 18.1. The number of ether oxygens (including phenoxy) is 1. The first-order valence-electron chi connectivity index (χ1n) is 10.6.